The van der Waals surface area contributed by atoms with E-state index in [4.69, 9.17) is 21.7 Å². The van der Waals surface area contributed by atoms with Crippen LogP contribution in [0.3, 0.4) is 0 Å². The highest BCUT2D eigenvalue weighted by atomic mass is 32.2. The molecular weight excluding hydrogens is 486 g/mol. The van der Waals surface area contributed by atoms with Gasteiger partial charge in [-0.25, -0.2) is 0 Å². The number of hydrogen-bond acceptors (Lipinski definition) is 5. The Balaban J connectivity index is 1.31. The second-order valence-electron chi connectivity index (χ2n) is 8.72. The lowest BCUT2D eigenvalue weighted by Gasteiger charge is -2.14. The molecule has 1 saturated heterocycles. The lowest BCUT2D eigenvalue weighted by atomic mass is 9.99. The van der Waals surface area contributed by atoms with Gasteiger partial charge in [-0.1, -0.05) is 98.5 Å². The van der Waals surface area contributed by atoms with Gasteiger partial charge in [0, 0.05) is 12.0 Å². The molecule has 6 heteroatoms. The summed E-state index contributed by atoms with van der Waals surface area (Å²) in [6.45, 7) is 6.00. The van der Waals surface area contributed by atoms with Gasteiger partial charge in [0.15, 0.2) is 0 Å². The molecular formula is C30H31NO3S2. The number of thioether (sulfide) groups is 1. The molecule has 1 aliphatic rings. The number of amides is 1. The van der Waals surface area contributed by atoms with Gasteiger partial charge in [0.25, 0.3) is 5.91 Å². The molecule has 1 amide bonds. The molecule has 0 aromatic heterocycles. The molecule has 4 nitrogen and oxygen atoms in total. The third-order valence-electron chi connectivity index (χ3n) is 6.14. The van der Waals surface area contributed by atoms with Gasteiger partial charge in [-0.05, 0) is 47.7 Å². The van der Waals surface area contributed by atoms with Crippen LogP contribution >= 0.6 is 24.0 Å². The Labute approximate surface area is 223 Å². The Hall–Kier alpha value is -3.09. The molecule has 0 spiro atoms. The fourth-order valence-corrected chi connectivity index (χ4v) is 5.08. The number of hydrogen-bond donors (Lipinski definition) is 0. The molecule has 0 bridgehead atoms. The molecule has 1 unspecified atom stereocenters. The van der Waals surface area contributed by atoms with Crippen LogP contribution in [0.15, 0.2) is 83.8 Å². The van der Waals surface area contributed by atoms with Crippen molar-refractivity contribution < 1.29 is 14.3 Å². The Morgan fingerprint density at radius 1 is 0.944 bits per heavy atom. The van der Waals surface area contributed by atoms with Gasteiger partial charge in [-0.15, -0.1) is 0 Å². The van der Waals surface area contributed by atoms with Crippen molar-refractivity contribution in [2.45, 2.75) is 39.2 Å². The summed E-state index contributed by atoms with van der Waals surface area (Å²) in [6.07, 6.45) is 3.75. The highest BCUT2D eigenvalue weighted by Gasteiger charge is 2.32. The van der Waals surface area contributed by atoms with Gasteiger partial charge in [0.2, 0.25) is 0 Å². The van der Waals surface area contributed by atoms with Crippen molar-refractivity contribution in [3.05, 3.63) is 100 Å². The molecule has 36 heavy (non-hydrogen) atoms. The lowest BCUT2D eigenvalue weighted by Crippen LogP contribution is -2.27. The van der Waals surface area contributed by atoms with Crippen LogP contribution in [-0.2, 0) is 11.3 Å². The standard InChI is InChI=1S/C30H31NO3S2/c1-3-22(2)24-14-16-26(17-15-24)33-18-9-19-34-27-13-8-7-12-25(27)20-28-29(32)31(30(35)36-28)21-23-10-5-4-6-11-23/h4-8,10-17,20,22H,3,9,18-19,21H2,1-2H3/b28-20-. The second kappa shape index (κ2) is 12.7. The molecule has 3 aromatic carbocycles. The minimum atomic E-state index is -0.0728. The number of carbonyl (C=O) groups excluding carboxylic acids is 1. The van der Waals surface area contributed by atoms with Crippen LogP contribution in [0, 0.1) is 0 Å². The maximum Gasteiger partial charge on any atom is 0.266 e. The van der Waals surface area contributed by atoms with E-state index in [1.165, 1.54) is 17.3 Å². The Kier molecular flexibility index (Phi) is 9.20. The van der Waals surface area contributed by atoms with E-state index in [2.05, 4.69) is 26.0 Å². The van der Waals surface area contributed by atoms with Crippen molar-refractivity contribution >= 4 is 40.3 Å². The van der Waals surface area contributed by atoms with Crippen LogP contribution in [0.25, 0.3) is 6.08 Å². The van der Waals surface area contributed by atoms with E-state index in [-0.39, 0.29) is 5.91 Å². The predicted molar refractivity (Wildman–Crippen MR) is 152 cm³/mol. The summed E-state index contributed by atoms with van der Waals surface area (Å²) in [5.74, 6) is 2.10. The van der Waals surface area contributed by atoms with E-state index >= 15 is 0 Å². The third kappa shape index (κ3) is 6.77. The van der Waals surface area contributed by atoms with Crippen molar-refractivity contribution in [2.24, 2.45) is 0 Å². The van der Waals surface area contributed by atoms with Crippen LogP contribution in [0.5, 0.6) is 11.5 Å². The molecule has 0 aliphatic carbocycles. The number of rotatable bonds is 11. The first-order valence-electron chi connectivity index (χ1n) is 12.3. The first-order chi connectivity index (χ1) is 17.5. The van der Waals surface area contributed by atoms with Crippen LogP contribution in [-0.4, -0.2) is 28.3 Å². The average Bonchev–Trinajstić information content (AvgIpc) is 3.17. The molecule has 1 aliphatic heterocycles. The van der Waals surface area contributed by atoms with Crippen molar-refractivity contribution in [2.75, 3.05) is 13.2 Å². The Morgan fingerprint density at radius 3 is 2.39 bits per heavy atom. The van der Waals surface area contributed by atoms with Gasteiger partial charge in [-0.3, -0.25) is 9.69 Å². The van der Waals surface area contributed by atoms with Crippen molar-refractivity contribution in [3.8, 4) is 11.5 Å². The summed E-state index contributed by atoms with van der Waals surface area (Å²) in [7, 11) is 0. The number of carbonyl (C=O) groups is 1. The van der Waals surface area contributed by atoms with E-state index < -0.39 is 0 Å². The number of benzene rings is 3. The normalized spacial score (nSPS) is 15.4. The molecule has 3 aromatic rings. The van der Waals surface area contributed by atoms with E-state index in [0.29, 0.717) is 34.9 Å². The summed E-state index contributed by atoms with van der Waals surface area (Å²) in [5.41, 5.74) is 3.24. The van der Waals surface area contributed by atoms with Gasteiger partial charge < -0.3 is 9.47 Å². The molecule has 0 N–H and O–H groups in total. The van der Waals surface area contributed by atoms with E-state index in [0.717, 1.165) is 35.5 Å². The highest BCUT2D eigenvalue weighted by molar-refractivity contribution is 8.26. The van der Waals surface area contributed by atoms with Crippen molar-refractivity contribution in [3.63, 3.8) is 0 Å². The third-order valence-corrected chi connectivity index (χ3v) is 7.52. The van der Waals surface area contributed by atoms with Crippen LogP contribution in [0.4, 0.5) is 0 Å². The first-order valence-corrected chi connectivity index (χ1v) is 13.5. The van der Waals surface area contributed by atoms with E-state index in [9.17, 15) is 4.79 Å². The molecule has 4 rings (SSSR count). The quantitative estimate of drug-likeness (QED) is 0.150. The summed E-state index contributed by atoms with van der Waals surface area (Å²) in [5, 5.41) is 0. The predicted octanol–water partition coefficient (Wildman–Crippen LogP) is 7.45. The van der Waals surface area contributed by atoms with Crippen LogP contribution in [0.2, 0.25) is 0 Å². The maximum absolute atomic E-state index is 13.0. The summed E-state index contributed by atoms with van der Waals surface area (Å²) < 4.78 is 12.5. The smallest absolute Gasteiger partial charge is 0.266 e. The number of thiocarbonyl (C=S) groups is 1. The Bertz CT molecular complexity index is 1210. The lowest BCUT2D eigenvalue weighted by molar-refractivity contribution is -0.122. The molecule has 1 atom stereocenters. The maximum atomic E-state index is 13.0. The minimum Gasteiger partial charge on any atom is -0.493 e. The number of nitrogens with zero attached hydrogens (tertiary/aromatic N) is 1. The van der Waals surface area contributed by atoms with E-state index in [1.807, 2.05) is 72.8 Å². The van der Waals surface area contributed by atoms with Gasteiger partial charge in [0.1, 0.15) is 15.8 Å². The van der Waals surface area contributed by atoms with Crippen LogP contribution < -0.4 is 9.47 Å². The molecule has 1 fully saturated rings. The monoisotopic (exact) mass is 517 g/mol. The average molecular weight is 518 g/mol. The fourth-order valence-electron chi connectivity index (χ4n) is 3.83. The van der Waals surface area contributed by atoms with Gasteiger partial charge in [-0.2, -0.15) is 0 Å². The molecule has 1 heterocycles. The summed E-state index contributed by atoms with van der Waals surface area (Å²) in [4.78, 5) is 15.3. The largest absolute Gasteiger partial charge is 0.493 e. The first kappa shape index (κ1) is 26.0. The summed E-state index contributed by atoms with van der Waals surface area (Å²) >= 11 is 6.82. The van der Waals surface area contributed by atoms with Gasteiger partial charge >= 0.3 is 0 Å². The topological polar surface area (TPSA) is 38.8 Å². The molecule has 0 radical (unpaired) electrons. The van der Waals surface area contributed by atoms with Gasteiger partial charge in [0.05, 0.1) is 24.7 Å². The Morgan fingerprint density at radius 2 is 1.64 bits per heavy atom. The van der Waals surface area contributed by atoms with Crippen molar-refractivity contribution in [1.82, 2.24) is 4.90 Å². The molecule has 186 valence electrons. The van der Waals surface area contributed by atoms with Crippen LogP contribution in [0.1, 0.15) is 49.3 Å². The number of para-hydroxylation sites is 1. The zero-order valence-electron chi connectivity index (χ0n) is 20.7. The van der Waals surface area contributed by atoms with E-state index in [1.54, 1.807) is 4.90 Å². The molecule has 0 saturated carbocycles. The summed E-state index contributed by atoms with van der Waals surface area (Å²) in [6, 6.07) is 26.0. The minimum absolute atomic E-state index is 0.0728. The fraction of sp³-hybridized carbons (Fsp3) is 0.267. The van der Waals surface area contributed by atoms with Crippen molar-refractivity contribution in [1.29, 1.82) is 0 Å². The second-order valence-corrected chi connectivity index (χ2v) is 10.4. The zero-order valence-corrected chi connectivity index (χ0v) is 22.3. The number of ether oxygens (including phenoxy) is 2. The zero-order chi connectivity index (χ0) is 25.3. The SMILES string of the molecule is CCC(C)c1ccc(OCCCOc2ccccc2/C=C2\SC(=S)N(Cc3ccccc3)C2=O)cc1. The highest BCUT2D eigenvalue weighted by Crippen LogP contribution is 2.35.